The van der Waals surface area contributed by atoms with E-state index in [0.29, 0.717) is 18.5 Å². The highest BCUT2D eigenvalue weighted by Crippen LogP contribution is 2.19. The molecule has 1 rings (SSSR count). The number of nitrogens with zero attached hydrogens (tertiary/aromatic N) is 2. The summed E-state index contributed by atoms with van der Waals surface area (Å²) < 4.78 is 0. The van der Waals surface area contributed by atoms with E-state index in [4.69, 9.17) is 5.11 Å². The molecule has 0 saturated carbocycles. The average Bonchev–Trinajstić information content (AvgIpc) is 2.35. The van der Waals surface area contributed by atoms with Crippen LogP contribution in [0.2, 0.25) is 0 Å². The Kier molecular flexibility index (Phi) is 8.51. The summed E-state index contributed by atoms with van der Waals surface area (Å²) in [7, 11) is 1.87. The predicted molar refractivity (Wildman–Crippen MR) is 78.2 cm³/mol. The third-order valence-electron chi connectivity index (χ3n) is 2.81. The van der Waals surface area contributed by atoms with Gasteiger partial charge in [-0.2, -0.15) is 0 Å². The van der Waals surface area contributed by atoms with E-state index >= 15 is 0 Å². The first-order valence-corrected chi connectivity index (χ1v) is 6.13. The maximum atomic E-state index is 10.9. The highest BCUT2D eigenvalue weighted by Gasteiger charge is 2.13. The molecule has 0 amide bonds. The zero-order valence-electron chi connectivity index (χ0n) is 11.3. The van der Waals surface area contributed by atoms with Crippen molar-refractivity contribution in [2.24, 2.45) is 0 Å². The van der Waals surface area contributed by atoms with Crippen LogP contribution in [0.4, 0.5) is 5.69 Å². The molecular weight excluding hydrogens is 284 g/mol. The van der Waals surface area contributed by atoms with E-state index in [0.717, 1.165) is 13.0 Å². The van der Waals surface area contributed by atoms with E-state index < -0.39 is 5.97 Å². The molecule has 112 valence electrons. The first kappa shape index (κ1) is 18.3. The van der Waals surface area contributed by atoms with Crippen LogP contribution < -0.4 is 0 Å². The van der Waals surface area contributed by atoms with Gasteiger partial charge in [-0.25, -0.2) is 0 Å². The largest absolute Gasteiger partial charge is 0.481 e. The normalized spacial score (nSPS) is 10.1. The molecule has 0 fully saturated rings. The first-order chi connectivity index (χ1) is 9.00. The summed E-state index contributed by atoms with van der Waals surface area (Å²) >= 11 is 0. The van der Waals surface area contributed by atoms with Gasteiger partial charge in [0.05, 0.1) is 4.92 Å². The minimum absolute atomic E-state index is 0. The number of rotatable bonds is 8. The smallest absolute Gasteiger partial charge is 0.303 e. The quantitative estimate of drug-likeness (QED) is 0.453. The molecule has 0 aliphatic carbocycles. The topological polar surface area (TPSA) is 83.7 Å². The van der Waals surface area contributed by atoms with Crippen LogP contribution in [0, 0.1) is 10.1 Å². The molecule has 0 aromatic heterocycles. The van der Waals surface area contributed by atoms with Crippen LogP contribution in [0.5, 0.6) is 0 Å². The van der Waals surface area contributed by atoms with Gasteiger partial charge in [-0.1, -0.05) is 18.2 Å². The lowest BCUT2D eigenvalue weighted by molar-refractivity contribution is -0.385. The molecule has 0 saturated heterocycles. The molecule has 1 aromatic carbocycles. The van der Waals surface area contributed by atoms with Crippen LogP contribution in [0.1, 0.15) is 24.8 Å². The minimum Gasteiger partial charge on any atom is -0.481 e. The predicted octanol–water partition coefficient (Wildman–Crippen LogP) is 2.70. The monoisotopic (exact) mass is 302 g/mol. The number of nitro groups is 1. The lowest BCUT2D eigenvalue weighted by Gasteiger charge is -2.16. The Morgan fingerprint density at radius 1 is 1.35 bits per heavy atom. The van der Waals surface area contributed by atoms with Crippen molar-refractivity contribution in [2.45, 2.75) is 25.8 Å². The molecule has 0 atom stereocenters. The molecule has 1 N–H and O–H groups in total. The number of aliphatic carboxylic acids is 1. The summed E-state index contributed by atoms with van der Waals surface area (Å²) in [6, 6.07) is 6.66. The van der Waals surface area contributed by atoms with Crippen molar-refractivity contribution in [1.29, 1.82) is 0 Å². The zero-order valence-corrected chi connectivity index (χ0v) is 12.1. The number of hydrogen-bond donors (Lipinski definition) is 1. The van der Waals surface area contributed by atoms with E-state index in [-0.39, 0.29) is 29.4 Å². The molecule has 7 heteroatoms. The Labute approximate surface area is 124 Å². The Bertz CT molecular complexity index is 454. The average molecular weight is 303 g/mol. The highest BCUT2D eigenvalue weighted by atomic mass is 35.5. The van der Waals surface area contributed by atoms with E-state index in [1.54, 1.807) is 18.2 Å². The molecule has 0 heterocycles. The molecule has 20 heavy (non-hydrogen) atoms. The molecule has 0 radical (unpaired) electrons. The third kappa shape index (κ3) is 6.49. The van der Waals surface area contributed by atoms with Gasteiger partial charge in [0, 0.05) is 24.6 Å². The van der Waals surface area contributed by atoms with Crippen LogP contribution in [-0.4, -0.2) is 34.5 Å². The Morgan fingerprint density at radius 2 is 2.00 bits per heavy atom. The second kappa shape index (κ2) is 9.28. The molecule has 0 aliphatic heterocycles. The molecule has 6 nitrogen and oxygen atoms in total. The van der Waals surface area contributed by atoms with Crippen molar-refractivity contribution in [2.75, 3.05) is 13.6 Å². The number of nitro benzene ring substituents is 1. The second-order valence-electron chi connectivity index (χ2n) is 4.47. The van der Waals surface area contributed by atoms with Crippen LogP contribution in [0.25, 0.3) is 0 Å². The van der Waals surface area contributed by atoms with Gasteiger partial charge < -0.3 is 10.0 Å². The number of benzene rings is 1. The maximum absolute atomic E-state index is 10.9. The summed E-state index contributed by atoms with van der Waals surface area (Å²) in [5.41, 5.74) is 0.799. The van der Waals surface area contributed by atoms with Gasteiger partial charge in [-0.3, -0.25) is 14.9 Å². The fourth-order valence-electron chi connectivity index (χ4n) is 1.85. The van der Waals surface area contributed by atoms with Crippen LogP contribution in [0.15, 0.2) is 24.3 Å². The SMILES string of the molecule is CN(CCCCC(=O)O)Cc1ccccc1[N+](=O)[O-].Cl. The Morgan fingerprint density at radius 3 is 2.60 bits per heavy atom. The van der Waals surface area contributed by atoms with Crippen molar-refractivity contribution in [3.05, 3.63) is 39.9 Å². The van der Waals surface area contributed by atoms with Gasteiger partial charge in [0.25, 0.3) is 5.69 Å². The standard InChI is InChI=1S/C13H18N2O4.ClH/c1-14(9-5-4-8-13(16)17)10-11-6-2-3-7-12(11)15(18)19;/h2-3,6-7H,4-5,8-10H2,1H3,(H,16,17);1H. The maximum Gasteiger partial charge on any atom is 0.303 e. The molecule has 0 unspecified atom stereocenters. The number of unbranched alkanes of at least 4 members (excludes halogenated alkanes) is 1. The van der Waals surface area contributed by atoms with E-state index in [1.807, 2.05) is 11.9 Å². The summed E-state index contributed by atoms with van der Waals surface area (Å²) in [6.07, 6.45) is 1.55. The van der Waals surface area contributed by atoms with Crippen LogP contribution >= 0.6 is 12.4 Å². The first-order valence-electron chi connectivity index (χ1n) is 6.13. The molecule has 0 aliphatic rings. The van der Waals surface area contributed by atoms with Gasteiger partial charge in [0.1, 0.15) is 0 Å². The molecular formula is C13H19ClN2O4. The summed E-state index contributed by atoms with van der Waals surface area (Å²) in [6.45, 7) is 1.21. The second-order valence-corrected chi connectivity index (χ2v) is 4.47. The van der Waals surface area contributed by atoms with Gasteiger partial charge in [0.2, 0.25) is 0 Å². The summed E-state index contributed by atoms with van der Waals surface area (Å²) in [5.74, 6) is -0.790. The number of para-hydroxylation sites is 1. The zero-order chi connectivity index (χ0) is 14.3. The minimum atomic E-state index is -0.790. The number of carbonyl (C=O) groups is 1. The van der Waals surface area contributed by atoms with Gasteiger partial charge >= 0.3 is 5.97 Å². The van der Waals surface area contributed by atoms with E-state index in [2.05, 4.69) is 0 Å². The molecule has 0 spiro atoms. The Hall–Kier alpha value is -1.66. The van der Waals surface area contributed by atoms with Crippen LogP contribution in [-0.2, 0) is 11.3 Å². The van der Waals surface area contributed by atoms with E-state index in [1.165, 1.54) is 6.07 Å². The Balaban J connectivity index is 0.00000361. The number of carboxylic acid groups (broad SMARTS) is 1. The molecule has 1 aromatic rings. The fourth-order valence-corrected chi connectivity index (χ4v) is 1.85. The highest BCUT2D eigenvalue weighted by molar-refractivity contribution is 5.85. The van der Waals surface area contributed by atoms with Crippen molar-refractivity contribution in [3.63, 3.8) is 0 Å². The van der Waals surface area contributed by atoms with E-state index in [9.17, 15) is 14.9 Å². The van der Waals surface area contributed by atoms with Gasteiger partial charge in [-0.15, -0.1) is 12.4 Å². The van der Waals surface area contributed by atoms with Gasteiger partial charge in [0.15, 0.2) is 0 Å². The summed E-state index contributed by atoms with van der Waals surface area (Å²) in [5, 5.41) is 19.4. The molecule has 0 bridgehead atoms. The van der Waals surface area contributed by atoms with Crippen molar-refractivity contribution in [3.8, 4) is 0 Å². The van der Waals surface area contributed by atoms with Crippen molar-refractivity contribution >= 4 is 24.1 Å². The summed E-state index contributed by atoms with van der Waals surface area (Å²) in [4.78, 5) is 22.8. The van der Waals surface area contributed by atoms with Crippen molar-refractivity contribution < 1.29 is 14.8 Å². The number of hydrogen-bond acceptors (Lipinski definition) is 4. The third-order valence-corrected chi connectivity index (χ3v) is 2.81. The van der Waals surface area contributed by atoms with Crippen LogP contribution in [0.3, 0.4) is 0 Å². The lowest BCUT2D eigenvalue weighted by Crippen LogP contribution is -2.20. The lowest BCUT2D eigenvalue weighted by atomic mass is 10.1. The van der Waals surface area contributed by atoms with Gasteiger partial charge in [-0.05, 0) is 26.4 Å². The number of halogens is 1. The fraction of sp³-hybridized carbons (Fsp3) is 0.462. The number of carboxylic acids is 1. The van der Waals surface area contributed by atoms with Crippen molar-refractivity contribution in [1.82, 2.24) is 4.90 Å².